The van der Waals surface area contributed by atoms with Gasteiger partial charge < -0.3 is 10.6 Å². The Morgan fingerprint density at radius 1 is 1.04 bits per heavy atom. The highest BCUT2D eigenvalue weighted by molar-refractivity contribution is 7.89. The van der Waals surface area contributed by atoms with E-state index in [0.29, 0.717) is 18.1 Å². The highest BCUT2D eigenvalue weighted by Gasteiger charge is 2.28. The maximum absolute atomic E-state index is 13.0. The lowest BCUT2D eigenvalue weighted by atomic mass is 10.1. The van der Waals surface area contributed by atoms with E-state index in [9.17, 15) is 13.2 Å². The van der Waals surface area contributed by atoms with Crippen molar-refractivity contribution in [1.82, 2.24) is 9.62 Å². The van der Waals surface area contributed by atoms with Crippen molar-refractivity contribution in [3.8, 4) is 0 Å². The van der Waals surface area contributed by atoms with Crippen LogP contribution < -0.4 is 10.6 Å². The van der Waals surface area contributed by atoms with E-state index in [-0.39, 0.29) is 16.6 Å². The number of hydrogen-bond acceptors (Lipinski definition) is 3. The molecule has 1 heterocycles. The largest absolute Gasteiger partial charge is 0.331 e. The maximum atomic E-state index is 13.0. The molecule has 0 radical (unpaired) electrons. The van der Waals surface area contributed by atoms with Crippen LogP contribution in [0.1, 0.15) is 37.8 Å². The summed E-state index contributed by atoms with van der Waals surface area (Å²) in [6.07, 6.45) is 2.75. The topological polar surface area (TPSA) is 78.5 Å². The zero-order chi connectivity index (χ0) is 20.1. The molecule has 28 heavy (non-hydrogen) atoms. The van der Waals surface area contributed by atoms with Crippen LogP contribution in [0.4, 0.5) is 10.5 Å². The number of nitrogens with zero attached hydrogens (tertiary/aromatic N) is 1. The summed E-state index contributed by atoms with van der Waals surface area (Å²) in [5.41, 5.74) is 1.17. The second-order valence-corrected chi connectivity index (χ2v) is 9.18. The molecule has 0 aromatic heterocycles. The Morgan fingerprint density at radius 3 is 2.36 bits per heavy atom. The number of nitrogens with one attached hydrogen (secondary N) is 2. The smallest absolute Gasteiger partial charge is 0.319 e. The molecule has 6 nitrogen and oxygen atoms in total. The Kier molecular flexibility index (Phi) is 6.59. The molecule has 1 atom stereocenters. The lowest BCUT2D eigenvalue weighted by molar-refractivity contribution is 0.249. The number of sulfonamides is 1. The average molecular weight is 422 g/mol. The van der Waals surface area contributed by atoms with E-state index in [4.69, 9.17) is 11.6 Å². The molecule has 150 valence electrons. The van der Waals surface area contributed by atoms with Crippen molar-refractivity contribution in [3.05, 3.63) is 59.1 Å². The van der Waals surface area contributed by atoms with Gasteiger partial charge in [0, 0.05) is 18.1 Å². The van der Waals surface area contributed by atoms with Crippen LogP contribution in [0.15, 0.2) is 53.4 Å². The second kappa shape index (κ2) is 8.94. The summed E-state index contributed by atoms with van der Waals surface area (Å²) in [5, 5.41) is 6.13. The summed E-state index contributed by atoms with van der Waals surface area (Å²) in [5.74, 6) is 0. The Labute approximate surface area is 170 Å². The fourth-order valence-electron chi connectivity index (χ4n) is 3.23. The molecule has 1 aliphatic heterocycles. The van der Waals surface area contributed by atoms with Gasteiger partial charge in [0.15, 0.2) is 0 Å². The van der Waals surface area contributed by atoms with Crippen LogP contribution >= 0.6 is 11.6 Å². The molecular formula is C20H24ClN3O3S. The monoisotopic (exact) mass is 421 g/mol. The SMILES string of the molecule is CC(NC(=O)Nc1ccccc1S(=O)(=O)N1CCCCC1)c1ccc(Cl)cc1. The first kappa shape index (κ1) is 20.6. The highest BCUT2D eigenvalue weighted by atomic mass is 35.5. The molecule has 1 aliphatic rings. The summed E-state index contributed by atoms with van der Waals surface area (Å²) < 4.78 is 27.5. The molecule has 1 saturated heterocycles. The third kappa shape index (κ3) is 4.84. The van der Waals surface area contributed by atoms with Crippen molar-refractivity contribution in [1.29, 1.82) is 0 Å². The van der Waals surface area contributed by atoms with Gasteiger partial charge in [-0.15, -0.1) is 0 Å². The third-order valence-electron chi connectivity index (χ3n) is 4.79. The zero-order valence-corrected chi connectivity index (χ0v) is 17.3. The van der Waals surface area contributed by atoms with Gasteiger partial charge in [0.2, 0.25) is 10.0 Å². The highest BCUT2D eigenvalue weighted by Crippen LogP contribution is 2.27. The summed E-state index contributed by atoms with van der Waals surface area (Å²) in [4.78, 5) is 12.6. The quantitative estimate of drug-likeness (QED) is 0.751. The van der Waals surface area contributed by atoms with E-state index in [2.05, 4.69) is 10.6 Å². The summed E-state index contributed by atoms with van der Waals surface area (Å²) in [7, 11) is -3.65. The fraction of sp³-hybridized carbons (Fsp3) is 0.350. The molecule has 0 spiro atoms. The number of para-hydroxylation sites is 1. The normalized spacial score (nSPS) is 16.4. The Morgan fingerprint density at radius 2 is 1.68 bits per heavy atom. The first-order valence-electron chi connectivity index (χ1n) is 9.30. The van der Waals surface area contributed by atoms with Crippen molar-refractivity contribution in [2.75, 3.05) is 18.4 Å². The van der Waals surface area contributed by atoms with Gasteiger partial charge in [-0.05, 0) is 49.6 Å². The first-order chi connectivity index (χ1) is 13.4. The predicted molar refractivity (Wildman–Crippen MR) is 111 cm³/mol. The number of hydrogen-bond donors (Lipinski definition) is 2. The first-order valence-corrected chi connectivity index (χ1v) is 11.1. The van der Waals surface area contributed by atoms with Gasteiger partial charge in [0.05, 0.1) is 11.7 Å². The standard InChI is InChI=1S/C20H24ClN3O3S/c1-15(16-9-11-17(21)12-10-16)22-20(25)23-18-7-3-4-8-19(18)28(26,27)24-13-5-2-6-14-24/h3-4,7-12,15H,2,5-6,13-14H2,1H3,(H2,22,23,25). The molecule has 0 aliphatic carbocycles. The minimum atomic E-state index is -3.65. The van der Waals surface area contributed by atoms with Crippen LogP contribution in [-0.4, -0.2) is 31.8 Å². The minimum absolute atomic E-state index is 0.117. The molecule has 2 amide bonds. The number of benzene rings is 2. The molecule has 2 aromatic carbocycles. The molecule has 2 N–H and O–H groups in total. The maximum Gasteiger partial charge on any atom is 0.319 e. The lowest BCUT2D eigenvalue weighted by Gasteiger charge is -2.27. The molecule has 1 unspecified atom stereocenters. The fourth-order valence-corrected chi connectivity index (χ4v) is 5.02. The van der Waals surface area contributed by atoms with Gasteiger partial charge in [-0.25, -0.2) is 13.2 Å². The van der Waals surface area contributed by atoms with E-state index in [1.165, 1.54) is 10.4 Å². The van der Waals surface area contributed by atoms with Crippen molar-refractivity contribution in [3.63, 3.8) is 0 Å². The molecule has 0 saturated carbocycles. The van der Waals surface area contributed by atoms with Gasteiger partial charge >= 0.3 is 6.03 Å². The van der Waals surface area contributed by atoms with Crippen LogP contribution in [0.5, 0.6) is 0 Å². The van der Waals surface area contributed by atoms with Crippen LogP contribution in [0, 0.1) is 0 Å². The Bertz CT molecular complexity index is 926. The van der Waals surface area contributed by atoms with Crippen LogP contribution in [0.25, 0.3) is 0 Å². The van der Waals surface area contributed by atoms with Crippen LogP contribution in [-0.2, 0) is 10.0 Å². The van der Waals surface area contributed by atoms with E-state index >= 15 is 0 Å². The van der Waals surface area contributed by atoms with Gasteiger partial charge in [-0.3, -0.25) is 0 Å². The van der Waals surface area contributed by atoms with Crippen LogP contribution in [0.3, 0.4) is 0 Å². The molecular weight excluding hydrogens is 398 g/mol. The number of amides is 2. The number of halogens is 1. The van der Waals surface area contributed by atoms with Gasteiger partial charge in [-0.1, -0.05) is 42.3 Å². The average Bonchev–Trinajstić information content (AvgIpc) is 2.69. The zero-order valence-electron chi connectivity index (χ0n) is 15.7. The number of carbonyl (C=O) groups excluding carboxylic acids is 1. The summed E-state index contributed by atoms with van der Waals surface area (Å²) in [6.45, 7) is 2.87. The van der Waals surface area contributed by atoms with Gasteiger partial charge in [-0.2, -0.15) is 4.31 Å². The van der Waals surface area contributed by atoms with Crippen molar-refractivity contribution in [2.45, 2.75) is 37.1 Å². The third-order valence-corrected chi connectivity index (χ3v) is 6.99. The number of carbonyl (C=O) groups is 1. The minimum Gasteiger partial charge on any atom is -0.331 e. The number of rotatable bonds is 5. The predicted octanol–water partition coefficient (Wildman–Crippen LogP) is 4.40. The summed E-state index contributed by atoms with van der Waals surface area (Å²) in [6, 6.07) is 13.0. The van der Waals surface area contributed by atoms with Crippen molar-refractivity contribution in [2.24, 2.45) is 0 Å². The second-order valence-electron chi connectivity index (χ2n) is 6.83. The number of urea groups is 1. The molecule has 1 fully saturated rings. The van der Waals surface area contributed by atoms with E-state index in [1.807, 2.05) is 19.1 Å². The van der Waals surface area contributed by atoms with Gasteiger partial charge in [0.1, 0.15) is 4.90 Å². The van der Waals surface area contributed by atoms with E-state index < -0.39 is 16.1 Å². The van der Waals surface area contributed by atoms with E-state index in [1.54, 1.807) is 30.3 Å². The number of piperidine rings is 1. The molecule has 2 aromatic rings. The Balaban J connectivity index is 1.74. The van der Waals surface area contributed by atoms with Crippen molar-refractivity contribution < 1.29 is 13.2 Å². The van der Waals surface area contributed by atoms with Crippen molar-refractivity contribution >= 4 is 33.3 Å². The van der Waals surface area contributed by atoms with Gasteiger partial charge in [0.25, 0.3) is 0 Å². The lowest BCUT2D eigenvalue weighted by Crippen LogP contribution is -2.36. The molecule has 0 bridgehead atoms. The molecule has 8 heteroatoms. The summed E-state index contributed by atoms with van der Waals surface area (Å²) >= 11 is 5.89. The molecule has 3 rings (SSSR count). The van der Waals surface area contributed by atoms with Crippen LogP contribution in [0.2, 0.25) is 5.02 Å². The van der Waals surface area contributed by atoms with E-state index in [0.717, 1.165) is 24.8 Å². The Hall–Kier alpha value is -2.09. The number of anilines is 1.